The lowest BCUT2D eigenvalue weighted by atomic mass is 10.5. The molecule has 0 saturated heterocycles. The maximum absolute atomic E-state index is 11.0. The fourth-order valence-corrected chi connectivity index (χ4v) is 2.52. The molecule has 13 heavy (non-hydrogen) atoms. The number of thioether (sulfide) groups is 1. The normalized spacial score (nSPS) is 10.0. The first-order valence-corrected chi connectivity index (χ1v) is 5.92. The Labute approximate surface area is 86.3 Å². The van der Waals surface area contributed by atoms with E-state index in [-0.39, 0.29) is 5.97 Å². The molecular formula is C9H12O2S2. The van der Waals surface area contributed by atoms with Crippen molar-refractivity contribution in [3.63, 3.8) is 0 Å². The van der Waals surface area contributed by atoms with Crippen LogP contribution >= 0.6 is 23.1 Å². The van der Waals surface area contributed by atoms with Crippen molar-refractivity contribution in [2.45, 2.75) is 18.7 Å². The van der Waals surface area contributed by atoms with Crippen LogP contribution in [-0.2, 0) is 9.53 Å². The summed E-state index contributed by atoms with van der Waals surface area (Å²) in [5, 5.41) is 2.05. The first-order chi connectivity index (χ1) is 6.22. The van der Waals surface area contributed by atoms with Gasteiger partial charge in [0.1, 0.15) is 0 Å². The zero-order valence-electron chi connectivity index (χ0n) is 7.70. The Kier molecular flexibility index (Phi) is 4.32. The van der Waals surface area contributed by atoms with E-state index in [1.165, 1.54) is 16.6 Å². The van der Waals surface area contributed by atoms with E-state index < -0.39 is 0 Å². The van der Waals surface area contributed by atoms with Gasteiger partial charge in [-0.25, -0.2) is 0 Å². The third-order valence-corrected chi connectivity index (χ3v) is 3.33. The van der Waals surface area contributed by atoms with Gasteiger partial charge >= 0.3 is 5.97 Å². The molecule has 0 aliphatic rings. The molecule has 1 aromatic rings. The Morgan fingerprint density at radius 1 is 1.69 bits per heavy atom. The fourth-order valence-electron chi connectivity index (χ4n) is 0.840. The minimum atomic E-state index is -0.142. The summed E-state index contributed by atoms with van der Waals surface area (Å²) in [6, 6.07) is 2.08. The molecule has 1 rings (SSSR count). The van der Waals surface area contributed by atoms with E-state index in [1.807, 2.05) is 6.92 Å². The molecule has 0 radical (unpaired) electrons. The number of rotatable bonds is 4. The van der Waals surface area contributed by atoms with Crippen LogP contribution in [0.4, 0.5) is 0 Å². The zero-order valence-corrected chi connectivity index (χ0v) is 9.33. The largest absolute Gasteiger partial charge is 0.465 e. The zero-order chi connectivity index (χ0) is 9.68. The molecule has 0 aromatic carbocycles. The molecule has 72 valence electrons. The fraction of sp³-hybridized carbons (Fsp3) is 0.444. The molecule has 0 saturated carbocycles. The quantitative estimate of drug-likeness (QED) is 0.572. The highest BCUT2D eigenvalue weighted by atomic mass is 32.2. The number of carbonyl (C=O) groups excluding carboxylic acids is 1. The van der Waals surface area contributed by atoms with Gasteiger partial charge in [-0.2, -0.15) is 0 Å². The number of thiophene rings is 1. The van der Waals surface area contributed by atoms with E-state index in [2.05, 4.69) is 18.4 Å². The third-order valence-electron chi connectivity index (χ3n) is 1.37. The average molecular weight is 216 g/mol. The van der Waals surface area contributed by atoms with E-state index in [9.17, 15) is 4.79 Å². The lowest BCUT2D eigenvalue weighted by Gasteiger charge is -1.99. The van der Waals surface area contributed by atoms with Crippen LogP contribution in [0.15, 0.2) is 16.3 Å². The lowest BCUT2D eigenvalue weighted by Crippen LogP contribution is -2.06. The lowest BCUT2D eigenvalue weighted by molar-refractivity contribution is -0.139. The van der Waals surface area contributed by atoms with E-state index in [0.717, 1.165) is 4.90 Å². The maximum Gasteiger partial charge on any atom is 0.316 e. The van der Waals surface area contributed by atoms with E-state index in [1.54, 1.807) is 11.3 Å². The van der Waals surface area contributed by atoms with Gasteiger partial charge in [0.05, 0.1) is 12.4 Å². The topological polar surface area (TPSA) is 26.3 Å². The summed E-state index contributed by atoms with van der Waals surface area (Å²) in [5.41, 5.74) is 0. The Morgan fingerprint density at radius 2 is 2.46 bits per heavy atom. The molecule has 0 spiro atoms. The van der Waals surface area contributed by atoms with Crippen LogP contribution in [-0.4, -0.2) is 18.3 Å². The predicted octanol–water partition coefficient (Wildman–Crippen LogP) is 2.71. The van der Waals surface area contributed by atoms with Gasteiger partial charge in [-0.05, 0) is 19.9 Å². The first-order valence-electron chi connectivity index (χ1n) is 4.06. The SMILES string of the molecule is CCOC(=O)CSc1csc(C)c1. The summed E-state index contributed by atoms with van der Waals surface area (Å²) in [7, 11) is 0. The number of aryl methyl sites for hydroxylation is 1. The van der Waals surface area contributed by atoms with Crippen molar-refractivity contribution < 1.29 is 9.53 Å². The average Bonchev–Trinajstić information content (AvgIpc) is 2.49. The van der Waals surface area contributed by atoms with Gasteiger partial charge in [-0.3, -0.25) is 4.79 Å². The summed E-state index contributed by atoms with van der Waals surface area (Å²) in [5.74, 6) is 0.264. The van der Waals surface area contributed by atoms with Crippen LogP contribution < -0.4 is 0 Å². The molecule has 0 bridgehead atoms. The van der Waals surface area contributed by atoms with Crippen LogP contribution in [0.1, 0.15) is 11.8 Å². The molecule has 0 aliphatic heterocycles. The molecule has 0 N–H and O–H groups in total. The van der Waals surface area contributed by atoms with Crippen molar-refractivity contribution >= 4 is 29.1 Å². The second-order valence-corrected chi connectivity index (χ2v) is 4.65. The minimum Gasteiger partial charge on any atom is -0.465 e. The first kappa shape index (κ1) is 10.6. The van der Waals surface area contributed by atoms with Gasteiger partial charge in [0.25, 0.3) is 0 Å². The molecule has 2 nitrogen and oxygen atoms in total. The summed E-state index contributed by atoms with van der Waals surface area (Å²) in [6.07, 6.45) is 0. The van der Waals surface area contributed by atoms with Gasteiger partial charge in [-0.15, -0.1) is 23.1 Å². The molecule has 4 heteroatoms. The number of hydrogen-bond donors (Lipinski definition) is 0. The van der Waals surface area contributed by atoms with E-state index >= 15 is 0 Å². The second kappa shape index (κ2) is 5.29. The molecule has 0 fully saturated rings. The van der Waals surface area contributed by atoms with Gasteiger partial charge < -0.3 is 4.74 Å². The van der Waals surface area contributed by atoms with Gasteiger partial charge in [-0.1, -0.05) is 0 Å². The van der Waals surface area contributed by atoms with Crippen molar-refractivity contribution in [3.05, 3.63) is 16.3 Å². The van der Waals surface area contributed by atoms with Crippen molar-refractivity contribution in [1.29, 1.82) is 0 Å². The maximum atomic E-state index is 11.0. The van der Waals surface area contributed by atoms with Crippen LogP contribution in [0, 0.1) is 6.92 Å². The Bertz CT molecular complexity index is 281. The summed E-state index contributed by atoms with van der Waals surface area (Å²) >= 11 is 3.22. The highest BCUT2D eigenvalue weighted by Crippen LogP contribution is 2.23. The minimum absolute atomic E-state index is 0.142. The van der Waals surface area contributed by atoms with Crippen molar-refractivity contribution in [1.82, 2.24) is 0 Å². The van der Waals surface area contributed by atoms with Gasteiger partial charge in [0.15, 0.2) is 0 Å². The number of hydrogen-bond acceptors (Lipinski definition) is 4. The molecule has 0 amide bonds. The third kappa shape index (κ3) is 3.83. The van der Waals surface area contributed by atoms with Crippen LogP contribution in [0.2, 0.25) is 0 Å². The number of carbonyl (C=O) groups is 1. The summed E-state index contributed by atoms with van der Waals surface area (Å²) in [6.45, 7) is 4.33. The Morgan fingerprint density at radius 3 is 3.00 bits per heavy atom. The highest BCUT2D eigenvalue weighted by molar-refractivity contribution is 8.00. The van der Waals surface area contributed by atoms with E-state index in [4.69, 9.17) is 4.74 Å². The van der Waals surface area contributed by atoms with Crippen molar-refractivity contribution in [2.24, 2.45) is 0 Å². The molecular weight excluding hydrogens is 204 g/mol. The van der Waals surface area contributed by atoms with Gasteiger partial charge in [0.2, 0.25) is 0 Å². The van der Waals surface area contributed by atoms with Gasteiger partial charge in [0, 0.05) is 15.2 Å². The summed E-state index contributed by atoms with van der Waals surface area (Å²) in [4.78, 5) is 13.4. The molecule has 1 aromatic heterocycles. The Hall–Kier alpha value is -0.480. The smallest absolute Gasteiger partial charge is 0.316 e. The molecule has 0 atom stereocenters. The van der Waals surface area contributed by atoms with Crippen molar-refractivity contribution in [3.8, 4) is 0 Å². The second-order valence-electron chi connectivity index (χ2n) is 2.49. The highest BCUT2D eigenvalue weighted by Gasteiger charge is 2.03. The predicted molar refractivity (Wildman–Crippen MR) is 56.4 cm³/mol. The number of esters is 1. The van der Waals surface area contributed by atoms with Crippen molar-refractivity contribution in [2.75, 3.05) is 12.4 Å². The standard InChI is InChI=1S/C9H12O2S2/c1-3-11-9(10)6-13-8-4-7(2)12-5-8/h4-5H,3,6H2,1-2H3. The molecule has 0 aliphatic carbocycles. The monoisotopic (exact) mass is 216 g/mol. The molecule has 0 unspecified atom stereocenters. The molecule has 1 heterocycles. The Balaban J connectivity index is 2.30. The van der Waals surface area contributed by atoms with E-state index in [0.29, 0.717) is 12.4 Å². The van der Waals surface area contributed by atoms with Crippen LogP contribution in [0.25, 0.3) is 0 Å². The van der Waals surface area contributed by atoms with Crippen LogP contribution in [0.5, 0.6) is 0 Å². The number of ether oxygens (including phenoxy) is 1. The van der Waals surface area contributed by atoms with Crippen LogP contribution in [0.3, 0.4) is 0 Å². The summed E-state index contributed by atoms with van der Waals surface area (Å²) < 4.78 is 4.81.